The number of rotatable bonds is 3. The first-order valence-electron chi connectivity index (χ1n) is 19.9. The summed E-state index contributed by atoms with van der Waals surface area (Å²) in [6, 6.07) is 51.9. The van der Waals surface area contributed by atoms with E-state index in [1.807, 2.05) is 36.4 Å². The summed E-state index contributed by atoms with van der Waals surface area (Å²) < 4.78 is 22.0. The summed E-state index contributed by atoms with van der Waals surface area (Å²) >= 11 is 0. The molecule has 1 radical (unpaired) electrons. The summed E-state index contributed by atoms with van der Waals surface area (Å²) in [7, 11) is 2.37. The largest absolute Gasteiger partial charge is 0.456 e. The lowest BCUT2D eigenvalue weighted by Crippen LogP contribution is -2.37. The van der Waals surface area contributed by atoms with Crippen LogP contribution in [0.1, 0.15) is 26.3 Å². The number of para-hydroxylation sites is 3. The van der Waals surface area contributed by atoms with E-state index in [2.05, 4.69) is 147 Å². The van der Waals surface area contributed by atoms with Gasteiger partial charge in [0.25, 0.3) is 0 Å². The Kier molecular flexibility index (Phi) is 6.19. The van der Waals surface area contributed by atoms with Crippen molar-refractivity contribution in [2.24, 2.45) is 0 Å². The molecule has 0 atom stereocenters. The van der Waals surface area contributed by atoms with Gasteiger partial charge in [-0.1, -0.05) is 111 Å². The number of hydrogen-bond acceptors (Lipinski definition) is 4. The highest BCUT2D eigenvalue weighted by Crippen LogP contribution is 2.43. The van der Waals surface area contributed by atoms with E-state index in [0.717, 1.165) is 116 Å². The van der Waals surface area contributed by atoms with Crippen LogP contribution < -0.4 is 16.2 Å². The molecule has 58 heavy (non-hydrogen) atoms. The fraction of sp³-hybridized carbons (Fsp3) is 0.0769. The number of hydrogen-bond donors (Lipinski definition) is 1. The Bertz CT molecular complexity index is 3720. The molecule has 1 aliphatic rings. The summed E-state index contributed by atoms with van der Waals surface area (Å²) in [4.78, 5) is 0. The number of nitrogens with zero attached hydrogens (tertiary/aromatic N) is 1. The smallest absolute Gasteiger partial charge is 0.197 e. The summed E-state index contributed by atoms with van der Waals surface area (Å²) in [5, 5.41) is 12.8. The predicted octanol–water partition coefficient (Wildman–Crippen LogP) is 13.2. The molecule has 13 rings (SSSR count). The molecule has 12 aromatic rings. The molecule has 0 fully saturated rings. The average molecular weight is 746 g/mol. The van der Waals surface area contributed by atoms with Gasteiger partial charge >= 0.3 is 0 Å². The van der Waals surface area contributed by atoms with Crippen LogP contribution in [0.25, 0.3) is 104 Å². The Morgan fingerprint density at radius 3 is 1.72 bits per heavy atom. The molecule has 0 amide bonds. The minimum Gasteiger partial charge on any atom is -0.456 e. The molecular formula is C52H34BN2O3. The van der Waals surface area contributed by atoms with Crippen LogP contribution in [-0.4, -0.2) is 11.8 Å². The third-order valence-corrected chi connectivity index (χ3v) is 12.4. The number of anilines is 2. The first kappa shape index (κ1) is 32.0. The predicted molar refractivity (Wildman–Crippen MR) is 241 cm³/mol. The van der Waals surface area contributed by atoms with Crippen LogP contribution in [0, 0.1) is 0 Å². The fourth-order valence-corrected chi connectivity index (χ4v) is 9.53. The zero-order valence-corrected chi connectivity index (χ0v) is 32.1. The zero-order valence-electron chi connectivity index (χ0n) is 32.1. The number of furan rings is 3. The lowest BCUT2D eigenvalue weighted by atomic mass is 9.59. The van der Waals surface area contributed by atoms with Gasteiger partial charge in [0.15, 0.2) is 7.28 Å². The maximum Gasteiger partial charge on any atom is 0.197 e. The molecule has 1 aliphatic heterocycles. The first-order chi connectivity index (χ1) is 28.3. The topological polar surface area (TPSA) is 56.4 Å². The van der Waals surface area contributed by atoms with Crippen molar-refractivity contribution in [3.05, 3.63) is 151 Å². The number of benzene rings is 8. The Hall–Kier alpha value is -7.18. The van der Waals surface area contributed by atoms with E-state index < -0.39 is 0 Å². The van der Waals surface area contributed by atoms with E-state index >= 15 is 0 Å². The van der Waals surface area contributed by atoms with E-state index in [0.29, 0.717) is 0 Å². The van der Waals surface area contributed by atoms with Gasteiger partial charge in [0.2, 0.25) is 0 Å². The van der Waals surface area contributed by atoms with Crippen molar-refractivity contribution < 1.29 is 13.3 Å². The maximum absolute atomic E-state index is 6.56. The average Bonchev–Trinajstić information content (AvgIpc) is 3.98. The van der Waals surface area contributed by atoms with E-state index in [1.54, 1.807) is 0 Å². The standard InChI is InChI=1S/C52H34BN2O3/c1-52(2,3)28-16-18-29(19-17-28)54-41-24-39-32-12-6-9-15-46(32)56-47(39)25-35(41)33-20-21-34-36-22-37-30-10-4-7-13-44(30)57-48(37)26-42(36)55-43-27-49-38(23-40(43)53-50(33)51(34)55)31-11-5-8-14-45(31)58-49/h4-27,54H,1-3H3. The molecule has 0 unspecified atom stereocenters. The number of fused-ring (bicyclic) bond motifs is 14. The van der Waals surface area contributed by atoms with Crippen LogP contribution >= 0.6 is 0 Å². The van der Waals surface area contributed by atoms with Gasteiger partial charge in [-0.05, 0) is 70.5 Å². The van der Waals surface area contributed by atoms with Gasteiger partial charge in [0.05, 0.1) is 5.52 Å². The molecule has 0 aliphatic carbocycles. The molecule has 273 valence electrons. The SMILES string of the molecule is CC(C)(C)c1ccc(Nc2cc3c(cc2-c2ccc4c5cc6c(cc5n5c4c2[B]c2cc4c(cc2-5)oc2ccccc24)oc2ccccc26)oc2ccccc23)cc1. The molecule has 1 N–H and O–H groups in total. The van der Waals surface area contributed by atoms with Crippen LogP contribution in [0.4, 0.5) is 11.4 Å². The third kappa shape index (κ3) is 4.43. The van der Waals surface area contributed by atoms with Crippen LogP contribution in [0.15, 0.2) is 159 Å². The molecule has 4 aromatic heterocycles. The second kappa shape index (κ2) is 11.2. The highest BCUT2D eigenvalue weighted by molar-refractivity contribution is 6.73. The minimum absolute atomic E-state index is 0.0605. The Morgan fingerprint density at radius 1 is 0.483 bits per heavy atom. The first-order valence-corrected chi connectivity index (χ1v) is 19.9. The van der Waals surface area contributed by atoms with E-state index in [9.17, 15) is 0 Å². The van der Waals surface area contributed by atoms with Crippen molar-refractivity contribution in [1.29, 1.82) is 0 Å². The van der Waals surface area contributed by atoms with Crippen LogP contribution in [0.5, 0.6) is 0 Å². The Labute approximate surface area is 333 Å². The normalized spacial score (nSPS) is 12.9. The molecule has 0 saturated heterocycles. The second-order valence-corrected chi connectivity index (χ2v) is 16.8. The summed E-state index contributed by atoms with van der Waals surface area (Å²) in [5.41, 5.74) is 16.4. The van der Waals surface area contributed by atoms with Crippen LogP contribution in [-0.2, 0) is 5.41 Å². The molecule has 5 nitrogen and oxygen atoms in total. The summed E-state index contributed by atoms with van der Waals surface area (Å²) in [6.45, 7) is 6.75. The van der Waals surface area contributed by atoms with Gasteiger partial charge < -0.3 is 23.1 Å². The summed E-state index contributed by atoms with van der Waals surface area (Å²) in [6.07, 6.45) is 0. The fourth-order valence-electron chi connectivity index (χ4n) is 9.53. The molecule has 6 heteroatoms. The maximum atomic E-state index is 6.56. The molecular weight excluding hydrogens is 711 g/mol. The van der Waals surface area contributed by atoms with Crippen LogP contribution in [0.2, 0.25) is 0 Å². The van der Waals surface area contributed by atoms with Crippen molar-refractivity contribution >= 4 is 117 Å². The van der Waals surface area contributed by atoms with E-state index in [-0.39, 0.29) is 5.41 Å². The molecule has 0 saturated carbocycles. The van der Waals surface area contributed by atoms with Gasteiger partial charge in [-0.25, -0.2) is 0 Å². The van der Waals surface area contributed by atoms with Crippen molar-refractivity contribution in [2.75, 3.05) is 5.32 Å². The van der Waals surface area contributed by atoms with Gasteiger partial charge in [-0.15, -0.1) is 0 Å². The van der Waals surface area contributed by atoms with Crippen molar-refractivity contribution in [3.63, 3.8) is 0 Å². The molecule has 0 bridgehead atoms. The summed E-state index contributed by atoms with van der Waals surface area (Å²) in [5.74, 6) is 0. The highest BCUT2D eigenvalue weighted by Gasteiger charge is 2.29. The van der Waals surface area contributed by atoms with Crippen molar-refractivity contribution in [1.82, 2.24) is 4.57 Å². The van der Waals surface area contributed by atoms with Gasteiger partial charge in [-0.3, -0.25) is 0 Å². The van der Waals surface area contributed by atoms with Crippen molar-refractivity contribution in [3.8, 4) is 16.8 Å². The monoisotopic (exact) mass is 745 g/mol. The quantitative estimate of drug-likeness (QED) is 0.183. The number of nitrogens with one attached hydrogen (secondary N) is 1. The Morgan fingerprint density at radius 2 is 1.07 bits per heavy atom. The molecule has 5 heterocycles. The lowest BCUT2D eigenvalue weighted by Gasteiger charge is -2.24. The molecule has 0 spiro atoms. The minimum atomic E-state index is 0.0605. The van der Waals surface area contributed by atoms with E-state index in [4.69, 9.17) is 13.3 Å². The van der Waals surface area contributed by atoms with Crippen molar-refractivity contribution in [2.45, 2.75) is 26.2 Å². The second-order valence-electron chi connectivity index (χ2n) is 16.8. The Balaban J connectivity index is 1.11. The zero-order chi connectivity index (χ0) is 38.4. The highest BCUT2D eigenvalue weighted by atomic mass is 16.3. The number of aromatic nitrogens is 1. The third-order valence-electron chi connectivity index (χ3n) is 12.4. The molecule has 8 aromatic carbocycles. The van der Waals surface area contributed by atoms with Gasteiger partial charge in [0, 0.05) is 83.4 Å². The van der Waals surface area contributed by atoms with Crippen LogP contribution in [0.3, 0.4) is 0 Å². The van der Waals surface area contributed by atoms with Gasteiger partial charge in [0.1, 0.15) is 33.5 Å². The van der Waals surface area contributed by atoms with Gasteiger partial charge in [-0.2, -0.15) is 0 Å². The van der Waals surface area contributed by atoms with E-state index in [1.165, 1.54) is 16.3 Å². The lowest BCUT2D eigenvalue weighted by molar-refractivity contribution is 0.590.